The van der Waals surface area contributed by atoms with Crippen molar-refractivity contribution >= 4 is 5.91 Å². The first-order valence-corrected chi connectivity index (χ1v) is 6.82. The van der Waals surface area contributed by atoms with Crippen LogP contribution in [0.3, 0.4) is 0 Å². The van der Waals surface area contributed by atoms with Gasteiger partial charge in [0.25, 0.3) is 5.91 Å². The molecule has 5 nitrogen and oxygen atoms in total. The van der Waals surface area contributed by atoms with Crippen LogP contribution in [-0.4, -0.2) is 45.2 Å². The summed E-state index contributed by atoms with van der Waals surface area (Å²) in [6, 6.07) is 5.33. The Bertz CT molecular complexity index is 413. The number of nitrogens with zero attached hydrogens (tertiary/aromatic N) is 1. The highest BCUT2D eigenvalue weighted by Crippen LogP contribution is 2.29. The van der Waals surface area contributed by atoms with E-state index >= 15 is 0 Å². The Labute approximate surface area is 120 Å². The lowest BCUT2D eigenvalue weighted by Crippen LogP contribution is -2.28. The number of methoxy groups -OCH3 is 2. The lowest BCUT2D eigenvalue weighted by atomic mass is 10.1. The molecule has 1 aromatic carbocycles. The van der Waals surface area contributed by atoms with E-state index in [1.807, 2.05) is 0 Å². The minimum absolute atomic E-state index is 0.0907. The van der Waals surface area contributed by atoms with E-state index < -0.39 is 0 Å². The summed E-state index contributed by atoms with van der Waals surface area (Å²) >= 11 is 0. The van der Waals surface area contributed by atoms with Crippen molar-refractivity contribution in [3.8, 4) is 11.5 Å². The number of carbonyl (C=O) groups excluding carboxylic acids is 1. The fourth-order valence-corrected chi connectivity index (χ4v) is 2.02. The molecule has 0 heterocycles. The standard InChI is InChI=1S/C15H24N2O3/c1-17(11-6-4-5-10-16)15(18)14-12(19-2)8-7-9-13(14)20-3/h7-9H,4-6,10-11,16H2,1-3H3. The van der Waals surface area contributed by atoms with Gasteiger partial charge in [-0.3, -0.25) is 4.79 Å². The lowest BCUT2D eigenvalue weighted by molar-refractivity contribution is 0.0785. The van der Waals surface area contributed by atoms with E-state index in [4.69, 9.17) is 15.2 Å². The van der Waals surface area contributed by atoms with Crippen LogP contribution in [-0.2, 0) is 0 Å². The van der Waals surface area contributed by atoms with Crippen molar-refractivity contribution in [3.05, 3.63) is 23.8 Å². The second kappa shape index (κ2) is 8.43. The first-order valence-electron chi connectivity index (χ1n) is 6.82. The van der Waals surface area contributed by atoms with E-state index in [1.54, 1.807) is 44.4 Å². The fraction of sp³-hybridized carbons (Fsp3) is 0.533. The average Bonchev–Trinajstić information content (AvgIpc) is 2.49. The van der Waals surface area contributed by atoms with Gasteiger partial charge in [0.15, 0.2) is 0 Å². The number of nitrogens with two attached hydrogens (primary N) is 1. The Balaban J connectivity index is 2.80. The molecule has 5 heteroatoms. The van der Waals surface area contributed by atoms with Gasteiger partial charge in [-0.25, -0.2) is 0 Å². The minimum Gasteiger partial charge on any atom is -0.496 e. The second-order valence-electron chi connectivity index (χ2n) is 4.61. The van der Waals surface area contributed by atoms with Crippen molar-refractivity contribution in [1.82, 2.24) is 4.90 Å². The summed E-state index contributed by atoms with van der Waals surface area (Å²) in [5.41, 5.74) is 5.93. The average molecular weight is 280 g/mol. The van der Waals surface area contributed by atoms with Crippen molar-refractivity contribution < 1.29 is 14.3 Å². The molecule has 20 heavy (non-hydrogen) atoms. The number of benzene rings is 1. The molecule has 0 atom stereocenters. The molecular formula is C15H24N2O3. The first kappa shape index (κ1) is 16.3. The number of amides is 1. The molecule has 0 aliphatic rings. The number of ether oxygens (including phenoxy) is 2. The molecule has 0 aliphatic heterocycles. The van der Waals surface area contributed by atoms with Crippen LogP contribution in [0.5, 0.6) is 11.5 Å². The van der Waals surface area contributed by atoms with Crippen molar-refractivity contribution in [2.24, 2.45) is 5.73 Å². The molecule has 0 bridgehead atoms. The van der Waals surface area contributed by atoms with Crippen molar-refractivity contribution in [2.75, 3.05) is 34.4 Å². The zero-order valence-electron chi connectivity index (χ0n) is 12.5. The molecule has 0 aromatic heterocycles. The van der Waals surface area contributed by atoms with E-state index in [1.165, 1.54) is 0 Å². The van der Waals surface area contributed by atoms with Crippen molar-refractivity contribution in [2.45, 2.75) is 19.3 Å². The maximum atomic E-state index is 12.5. The molecule has 0 spiro atoms. The summed E-state index contributed by atoms with van der Waals surface area (Å²) in [5, 5.41) is 0. The molecule has 0 fully saturated rings. The number of rotatable bonds is 8. The summed E-state index contributed by atoms with van der Waals surface area (Å²) in [6.45, 7) is 1.39. The first-order chi connectivity index (χ1) is 9.65. The van der Waals surface area contributed by atoms with Crippen molar-refractivity contribution in [1.29, 1.82) is 0 Å². The van der Waals surface area contributed by atoms with Crippen molar-refractivity contribution in [3.63, 3.8) is 0 Å². The van der Waals surface area contributed by atoms with Crippen LogP contribution in [0.2, 0.25) is 0 Å². The molecule has 2 N–H and O–H groups in total. The summed E-state index contributed by atoms with van der Waals surface area (Å²) in [6.07, 6.45) is 2.95. The SMILES string of the molecule is COc1cccc(OC)c1C(=O)N(C)CCCCCN. The van der Waals surface area contributed by atoms with Crippen LogP contribution >= 0.6 is 0 Å². The van der Waals surface area contributed by atoms with Gasteiger partial charge >= 0.3 is 0 Å². The van der Waals surface area contributed by atoms with E-state index in [0.29, 0.717) is 30.2 Å². The number of hydrogen-bond acceptors (Lipinski definition) is 4. The van der Waals surface area contributed by atoms with Gasteiger partial charge in [0.2, 0.25) is 0 Å². The summed E-state index contributed by atoms with van der Waals surface area (Å²) in [7, 11) is 4.89. The Morgan fingerprint density at radius 3 is 2.25 bits per heavy atom. The smallest absolute Gasteiger partial charge is 0.261 e. The number of unbranched alkanes of at least 4 members (excludes halogenated alkanes) is 2. The normalized spacial score (nSPS) is 10.2. The van der Waals surface area contributed by atoms with Crippen LogP contribution in [0.4, 0.5) is 0 Å². The van der Waals surface area contributed by atoms with Crippen LogP contribution < -0.4 is 15.2 Å². The van der Waals surface area contributed by atoms with Crippen LogP contribution in [0.25, 0.3) is 0 Å². The molecule has 1 amide bonds. The third-order valence-corrected chi connectivity index (χ3v) is 3.19. The van der Waals surface area contributed by atoms with E-state index in [-0.39, 0.29) is 5.91 Å². The van der Waals surface area contributed by atoms with Crippen LogP contribution in [0, 0.1) is 0 Å². The van der Waals surface area contributed by atoms with E-state index in [2.05, 4.69) is 0 Å². The molecule has 0 aliphatic carbocycles. The highest BCUT2D eigenvalue weighted by atomic mass is 16.5. The predicted octanol–water partition coefficient (Wildman–Crippen LogP) is 1.90. The number of carbonyl (C=O) groups is 1. The van der Waals surface area contributed by atoms with Gasteiger partial charge in [0.1, 0.15) is 17.1 Å². The molecular weight excluding hydrogens is 256 g/mol. The third-order valence-electron chi connectivity index (χ3n) is 3.19. The van der Waals surface area contributed by atoms with Crippen LogP contribution in [0.1, 0.15) is 29.6 Å². The Kier molecular flexibility index (Phi) is 6.87. The quantitative estimate of drug-likeness (QED) is 0.739. The van der Waals surface area contributed by atoms with Gasteiger partial charge in [0, 0.05) is 13.6 Å². The second-order valence-corrected chi connectivity index (χ2v) is 4.61. The summed E-state index contributed by atoms with van der Waals surface area (Å²) < 4.78 is 10.5. The molecule has 112 valence electrons. The van der Waals surface area contributed by atoms with E-state index in [0.717, 1.165) is 19.3 Å². The molecule has 0 radical (unpaired) electrons. The molecule has 1 aromatic rings. The van der Waals surface area contributed by atoms with Gasteiger partial charge in [0.05, 0.1) is 14.2 Å². The monoisotopic (exact) mass is 280 g/mol. The molecule has 0 unspecified atom stereocenters. The molecule has 0 saturated heterocycles. The maximum absolute atomic E-state index is 12.5. The van der Waals surface area contributed by atoms with Crippen LogP contribution in [0.15, 0.2) is 18.2 Å². The Morgan fingerprint density at radius 2 is 1.75 bits per heavy atom. The Morgan fingerprint density at radius 1 is 1.15 bits per heavy atom. The predicted molar refractivity (Wildman–Crippen MR) is 79.4 cm³/mol. The van der Waals surface area contributed by atoms with Gasteiger partial charge in [-0.1, -0.05) is 12.5 Å². The minimum atomic E-state index is -0.0907. The largest absolute Gasteiger partial charge is 0.496 e. The summed E-state index contributed by atoms with van der Waals surface area (Å²) in [4.78, 5) is 14.2. The van der Waals surface area contributed by atoms with Gasteiger partial charge < -0.3 is 20.1 Å². The molecule has 1 rings (SSSR count). The maximum Gasteiger partial charge on any atom is 0.261 e. The molecule has 0 saturated carbocycles. The zero-order valence-corrected chi connectivity index (χ0v) is 12.5. The summed E-state index contributed by atoms with van der Waals surface area (Å²) in [5.74, 6) is 0.971. The zero-order chi connectivity index (χ0) is 15.0. The lowest BCUT2D eigenvalue weighted by Gasteiger charge is -2.20. The van der Waals surface area contributed by atoms with Gasteiger partial charge in [-0.05, 0) is 31.5 Å². The third kappa shape index (κ3) is 4.13. The van der Waals surface area contributed by atoms with E-state index in [9.17, 15) is 4.79 Å². The number of hydrogen-bond donors (Lipinski definition) is 1. The Hall–Kier alpha value is -1.75. The highest BCUT2D eigenvalue weighted by molar-refractivity contribution is 5.99. The highest BCUT2D eigenvalue weighted by Gasteiger charge is 2.21. The van der Waals surface area contributed by atoms with Gasteiger partial charge in [-0.15, -0.1) is 0 Å². The van der Waals surface area contributed by atoms with Gasteiger partial charge in [-0.2, -0.15) is 0 Å². The fourth-order valence-electron chi connectivity index (χ4n) is 2.02. The topological polar surface area (TPSA) is 64.8 Å².